The van der Waals surface area contributed by atoms with Crippen LogP contribution < -0.4 is 5.32 Å². The minimum absolute atomic E-state index is 0.551. The van der Waals surface area contributed by atoms with E-state index in [2.05, 4.69) is 38.2 Å². The summed E-state index contributed by atoms with van der Waals surface area (Å²) < 4.78 is 2.26. The minimum atomic E-state index is 0.551. The molecule has 18 heavy (non-hydrogen) atoms. The number of hydrogen-bond donors (Lipinski definition) is 1. The van der Waals surface area contributed by atoms with Gasteiger partial charge in [-0.15, -0.1) is 0 Å². The maximum Gasteiger partial charge on any atom is 0.113 e. The fourth-order valence-electron chi connectivity index (χ4n) is 2.57. The van der Waals surface area contributed by atoms with Crippen molar-refractivity contribution in [2.24, 2.45) is 0 Å². The van der Waals surface area contributed by atoms with Crippen molar-refractivity contribution in [3.63, 3.8) is 0 Å². The first-order chi connectivity index (χ1) is 8.93. The fraction of sp³-hybridized carbons (Fsp3) is 0.429. The van der Waals surface area contributed by atoms with Gasteiger partial charge >= 0.3 is 0 Å². The van der Waals surface area contributed by atoms with Crippen LogP contribution in [0.4, 0.5) is 0 Å². The molecule has 3 heterocycles. The molecule has 4 heteroatoms. The highest BCUT2D eigenvalue weighted by atomic mass is 15.1. The molecular formula is C14H18N4. The van der Waals surface area contributed by atoms with Gasteiger partial charge < -0.3 is 9.88 Å². The highest BCUT2D eigenvalue weighted by molar-refractivity contribution is 5.13. The molecule has 2 aromatic rings. The Bertz CT molecular complexity index is 486. The molecule has 1 N–H and O–H groups in total. The van der Waals surface area contributed by atoms with Crippen LogP contribution in [0.25, 0.3) is 0 Å². The second-order valence-corrected chi connectivity index (χ2v) is 4.81. The van der Waals surface area contributed by atoms with E-state index in [-0.39, 0.29) is 0 Å². The van der Waals surface area contributed by atoms with Crippen LogP contribution in [0.2, 0.25) is 0 Å². The van der Waals surface area contributed by atoms with Crippen LogP contribution in [0, 0.1) is 0 Å². The number of nitrogens with one attached hydrogen (secondary N) is 1. The number of hydrogen-bond acceptors (Lipinski definition) is 3. The molecule has 1 saturated heterocycles. The summed E-state index contributed by atoms with van der Waals surface area (Å²) in [7, 11) is 0. The Hall–Kier alpha value is -1.68. The van der Waals surface area contributed by atoms with E-state index in [0.717, 1.165) is 19.6 Å². The van der Waals surface area contributed by atoms with Gasteiger partial charge in [-0.25, -0.2) is 4.98 Å². The standard InChI is InChI=1S/C14H18N4/c1-2-13(10-16-5-1)14-17-8-9-18(14)11-12-3-6-15-7-4-12/h3-4,6-9,13,16H,1-2,5,10-11H2. The first-order valence-electron chi connectivity index (χ1n) is 6.54. The molecule has 0 aromatic carbocycles. The van der Waals surface area contributed by atoms with Crippen molar-refractivity contribution in [2.75, 3.05) is 13.1 Å². The van der Waals surface area contributed by atoms with Gasteiger partial charge in [0.2, 0.25) is 0 Å². The van der Waals surface area contributed by atoms with Crippen LogP contribution in [0.15, 0.2) is 36.9 Å². The monoisotopic (exact) mass is 242 g/mol. The van der Waals surface area contributed by atoms with E-state index in [1.807, 2.05) is 18.6 Å². The Balaban J connectivity index is 1.78. The SMILES string of the molecule is c1cc(Cn2ccnc2C2CCCNC2)ccn1. The van der Waals surface area contributed by atoms with Crippen LogP contribution in [0.3, 0.4) is 0 Å². The summed E-state index contributed by atoms with van der Waals surface area (Å²) in [6.07, 6.45) is 10.1. The molecule has 4 nitrogen and oxygen atoms in total. The lowest BCUT2D eigenvalue weighted by molar-refractivity contribution is 0.435. The maximum atomic E-state index is 4.54. The van der Waals surface area contributed by atoms with Gasteiger partial charge in [-0.1, -0.05) is 0 Å². The summed E-state index contributed by atoms with van der Waals surface area (Å²) >= 11 is 0. The first kappa shape index (κ1) is 11.4. The van der Waals surface area contributed by atoms with Crippen LogP contribution in [0.1, 0.15) is 30.1 Å². The summed E-state index contributed by atoms with van der Waals surface area (Å²) in [4.78, 5) is 8.60. The first-order valence-corrected chi connectivity index (χ1v) is 6.54. The largest absolute Gasteiger partial charge is 0.330 e. The van der Waals surface area contributed by atoms with E-state index < -0.39 is 0 Å². The molecule has 1 aliphatic rings. The van der Waals surface area contributed by atoms with Gasteiger partial charge in [0.1, 0.15) is 5.82 Å². The number of piperidine rings is 1. The Morgan fingerprint density at radius 3 is 2.94 bits per heavy atom. The predicted molar refractivity (Wildman–Crippen MR) is 70.4 cm³/mol. The topological polar surface area (TPSA) is 42.7 Å². The maximum absolute atomic E-state index is 4.54. The van der Waals surface area contributed by atoms with Gasteiger partial charge in [-0.3, -0.25) is 4.98 Å². The van der Waals surface area contributed by atoms with E-state index in [4.69, 9.17) is 0 Å². The van der Waals surface area contributed by atoms with Crippen LogP contribution in [-0.4, -0.2) is 27.6 Å². The lowest BCUT2D eigenvalue weighted by Gasteiger charge is -2.23. The molecule has 0 bridgehead atoms. The Kier molecular flexibility index (Phi) is 3.37. The second-order valence-electron chi connectivity index (χ2n) is 4.81. The second kappa shape index (κ2) is 5.31. The summed E-state index contributed by atoms with van der Waals surface area (Å²) in [6.45, 7) is 3.07. The van der Waals surface area contributed by atoms with Gasteiger partial charge in [0, 0.05) is 43.8 Å². The van der Waals surface area contributed by atoms with Crippen LogP contribution >= 0.6 is 0 Å². The van der Waals surface area contributed by atoms with Gasteiger partial charge in [0.15, 0.2) is 0 Å². The van der Waals surface area contributed by atoms with Crippen molar-refractivity contribution in [3.8, 4) is 0 Å². The summed E-state index contributed by atoms with van der Waals surface area (Å²) in [5.74, 6) is 1.76. The van der Waals surface area contributed by atoms with Crippen LogP contribution in [0.5, 0.6) is 0 Å². The van der Waals surface area contributed by atoms with E-state index in [1.54, 1.807) is 0 Å². The Morgan fingerprint density at radius 1 is 1.28 bits per heavy atom. The zero-order chi connectivity index (χ0) is 12.2. The Labute approximate surface area is 107 Å². The number of rotatable bonds is 3. The molecule has 0 amide bonds. The Morgan fingerprint density at radius 2 is 2.17 bits per heavy atom. The molecule has 2 aromatic heterocycles. The number of nitrogens with zero attached hydrogens (tertiary/aromatic N) is 3. The highest BCUT2D eigenvalue weighted by Gasteiger charge is 2.19. The smallest absolute Gasteiger partial charge is 0.113 e. The third-order valence-electron chi connectivity index (χ3n) is 3.51. The average molecular weight is 242 g/mol. The van der Waals surface area contributed by atoms with Crippen molar-refractivity contribution in [2.45, 2.75) is 25.3 Å². The minimum Gasteiger partial charge on any atom is -0.330 e. The van der Waals surface area contributed by atoms with Crippen LogP contribution in [-0.2, 0) is 6.54 Å². The molecule has 1 fully saturated rings. The lowest BCUT2D eigenvalue weighted by Crippen LogP contribution is -2.30. The van der Waals surface area contributed by atoms with Crippen molar-refractivity contribution in [1.29, 1.82) is 0 Å². The van der Waals surface area contributed by atoms with Gasteiger partial charge in [0.05, 0.1) is 0 Å². The number of pyridine rings is 1. The molecule has 3 rings (SSSR count). The summed E-state index contributed by atoms with van der Waals surface area (Å²) in [5, 5.41) is 3.45. The fourth-order valence-corrected chi connectivity index (χ4v) is 2.57. The zero-order valence-corrected chi connectivity index (χ0v) is 10.4. The average Bonchev–Trinajstić information content (AvgIpc) is 2.89. The van der Waals surface area contributed by atoms with Crippen molar-refractivity contribution < 1.29 is 0 Å². The number of aromatic nitrogens is 3. The molecule has 1 aliphatic heterocycles. The molecule has 0 radical (unpaired) electrons. The van der Waals surface area contributed by atoms with E-state index >= 15 is 0 Å². The van der Waals surface area contributed by atoms with Gasteiger partial charge in [0.25, 0.3) is 0 Å². The highest BCUT2D eigenvalue weighted by Crippen LogP contribution is 2.22. The lowest BCUT2D eigenvalue weighted by atomic mass is 9.99. The zero-order valence-electron chi connectivity index (χ0n) is 10.4. The predicted octanol–water partition coefficient (Wildman–Crippen LogP) is 1.79. The van der Waals surface area contributed by atoms with Crippen molar-refractivity contribution >= 4 is 0 Å². The molecule has 0 saturated carbocycles. The van der Waals surface area contributed by atoms with Gasteiger partial charge in [-0.2, -0.15) is 0 Å². The summed E-state index contributed by atoms with van der Waals surface area (Å²) in [5.41, 5.74) is 1.27. The molecule has 1 unspecified atom stereocenters. The molecule has 1 atom stereocenters. The molecule has 94 valence electrons. The quantitative estimate of drug-likeness (QED) is 0.892. The van der Waals surface area contributed by atoms with Crippen molar-refractivity contribution in [3.05, 3.63) is 48.3 Å². The molecular weight excluding hydrogens is 224 g/mol. The summed E-state index contributed by atoms with van der Waals surface area (Å²) in [6, 6.07) is 4.12. The normalized spacial score (nSPS) is 19.9. The number of imidazole rings is 1. The van der Waals surface area contributed by atoms with E-state index in [9.17, 15) is 0 Å². The van der Waals surface area contributed by atoms with Gasteiger partial charge in [-0.05, 0) is 37.1 Å². The van der Waals surface area contributed by atoms with E-state index in [0.29, 0.717) is 5.92 Å². The van der Waals surface area contributed by atoms with E-state index in [1.165, 1.54) is 24.2 Å². The van der Waals surface area contributed by atoms with Crippen molar-refractivity contribution in [1.82, 2.24) is 19.9 Å². The third kappa shape index (κ3) is 2.43. The molecule has 0 spiro atoms. The molecule has 0 aliphatic carbocycles. The third-order valence-corrected chi connectivity index (χ3v) is 3.51.